The van der Waals surface area contributed by atoms with Gasteiger partial charge in [-0.2, -0.15) is 5.26 Å². The molecular formula is C23H24ClF2N5O3S. The molecule has 8 nitrogen and oxygen atoms in total. The third kappa shape index (κ3) is 4.27. The van der Waals surface area contributed by atoms with Crippen molar-refractivity contribution < 1.29 is 23.2 Å². The molecule has 5 atom stereocenters. The van der Waals surface area contributed by atoms with Gasteiger partial charge in [0.2, 0.25) is 11.8 Å². The maximum Gasteiger partial charge on any atom is 0.271 e. The highest BCUT2D eigenvalue weighted by Crippen LogP contribution is 2.49. The fraction of sp³-hybridized carbons (Fsp3) is 0.565. The smallest absolute Gasteiger partial charge is 0.271 e. The number of piperidine rings is 3. The summed E-state index contributed by atoms with van der Waals surface area (Å²) in [6.07, 6.45) is 1.41. The Morgan fingerprint density at radius 1 is 1.37 bits per heavy atom. The van der Waals surface area contributed by atoms with Crippen molar-refractivity contribution >= 4 is 50.9 Å². The first-order chi connectivity index (χ1) is 16.7. The molecule has 0 aromatic carbocycles. The second-order valence-electron chi connectivity index (χ2n) is 9.52. The normalized spacial score (nSPS) is 28.4. The Morgan fingerprint density at radius 2 is 2.17 bits per heavy atom. The number of rotatable bonds is 5. The van der Waals surface area contributed by atoms with Crippen LogP contribution in [0.2, 0.25) is 5.02 Å². The van der Waals surface area contributed by atoms with Crippen LogP contribution in [0.25, 0.3) is 10.2 Å². The lowest BCUT2D eigenvalue weighted by Gasteiger charge is -2.53. The maximum absolute atomic E-state index is 14.9. The molecule has 3 amide bonds. The first-order valence-electron chi connectivity index (χ1n) is 11.6. The van der Waals surface area contributed by atoms with Crippen molar-refractivity contribution in [3.8, 4) is 6.07 Å². The Morgan fingerprint density at radius 3 is 2.86 bits per heavy atom. The summed E-state index contributed by atoms with van der Waals surface area (Å²) in [5.74, 6) is -6.42. The van der Waals surface area contributed by atoms with Crippen LogP contribution >= 0.6 is 22.9 Å². The van der Waals surface area contributed by atoms with E-state index in [1.54, 1.807) is 11.4 Å². The number of carbonyl (C=O) groups is 3. The van der Waals surface area contributed by atoms with E-state index in [0.29, 0.717) is 29.9 Å². The number of aromatic amines is 1. The van der Waals surface area contributed by atoms with Crippen LogP contribution in [0.15, 0.2) is 11.4 Å². The quantitative estimate of drug-likeness (QED) is 0.556. The van der Waals surface area contributed by atoms with E-state index >= 15 is 0 Å². The number of thiophene rings is 1. The third-order valence-electron chi connectivity index (χ3n) is 7.37. The Hall–Kier alpha value is -2.71. The number of halogens is 3. The fourth-order valence-electron chi connectivity index (χ4n) is 5.68. The highest BCUT2D eigenvalue weighted by Gasteiger charge is 2.60. The first-order valence-corrected chi connectivity index (χ1v) is 12.9. The van der Waals surface area contributed by atoms with E-state index in [9.17, 15) is 28.4 Å². The number of nitrogens with zero attached hydrogens (tertiary/aromatic N) is 2. The van der Waals surface area contributed by atoms with E-state index in [1.165, 1.54) is 16.2 Å². The van der Waals surface area contributed by atoms with Crippen LogP contribution in [0.3, 0.4) is 0 Å². The van der Waals surface area contributed by atoms with Crippen molar-refractivity contribution in [2.24, 2.45) is 11.8 Å². The highest BCUT2D eigenvalue weighted by molar-refractivity contribution is 7.17. The number of nitrogens with one attached hydrogen (secondary N) is 3. The van der Waals surface area contributed by atoms with Gasteiger partial charge in [0.1, 0.15) is 17.8 Å². The Labute approximate surface area is 209 Å². The molecule has 3 saturated heterocycles. The largest absolute Gasteiger partial charge is 0.356 e. The van der Waals surface area contributed by atoms with Gasteiger partial charge in [-0.15, -0.1) is 11.3 Å². The summed E-state index contributed by atoms with van der Waals surface area (Å²) in [6, 6.07) is 0.338. The fourth-order valence-corrected chi connectivity index (χ4v) is 6.83. The van der Waals surface area contributed by atoms with Gasteiger partial charge in [0.15, 0.2) is 0 Å². The van der Waals surface area contributed by atoms with Crippen LogP contribution in [-0.4, -0.2) is 58.2 Å². The number of nitriles is 1. The molecule has 6 rings (SSSR count). The van der Waals surface area contributed by atoms with Crippen molar-refractivity contribution in [3.05, 3.63) is 22.2 Å². The molecule has 2 bridgehead atoms. The van der Waals surface area contributed by atoms with Crippen LogP contribution in [0.5, 0.6) is 0 Å². The second-order valence-corrected chi connectivity index (χ2v) is 10.8. The van der Waals surface area contributed by atoms with Crippen LogP contribution in [-0.2, 0) is 9.59 Å². The summed E-state index contributed by atoms with van der Waals surface area (Å²) in [6.45, 7) is 0.567. The van der Waals surface area contributed by atoms with Gasteiger partial charge in [0.05, 0.1) is 27.2 Å². The van der Waals surface area contributed by atoms with Crippen LogP contribution in [0.4, 0.5) is 8.78 Å². The lowest BCUT2D eigenvalue weighted by atomic mass is 9.71. The monoisotopic (exact) mass is 523 g/mol. The Kier molecular flexibility index (Phi) is 6.21. The summed E-state index contributed by atoms with van der Waals surface area (Å²) < 4.78 is 30.6. The Bertz CT molecular complexity index is 1220. The Balaban J connectivity index is 1.40. The predicted molar refractivity (Wildman–Crippen MR) is 125 cm³/mol. The average Bonchev–Trinajstić information content (AvgIpc) is 3.40. The van der Waals surface area contributed by atoms with E-state index in [-0.39, 0.29) is 24.4 Å². The van der Waals surface area contributed by atoms with E-state index in [0.717, 1.165) is 11.1 Å². The topological polar surface area (TPSA) is 118 Å². The summed E-state index contributed by atoms with van der Waals surface area (Å²) in [7, 11) is 0. The van der Waals surface area contributed by atoms with Crippen molar-refractivity contribution in [2.75, 3.05) is 6.54 Å². The standard InChI is InChI=1S/C23H24ClF2N5O3S/c24-15-10-35-17-7-16(30-18(15)17)22(34)31-13-3-4-14(23(25,26)8-13)19(31)21(33)29-12(9-27)6-11-2-1-5-28-20(11)32/h7,10-14,19,30H,1-6,8H2,(H,28,32)(H,29,33)/t11-,12+,13+,14+,19-/m1/s1. The minimum Gasteiger partial charge on any atom is -0.356 e. The minimum absolute atomic E-state index is 0.0879. The number of alkyl halides is 2. The zero-order valence-electron chi connectivity index (χ0n) is 18.7. The number of hydrogen-bond acceptors (Lipinski definition) is 5. The first kappa shape index (κ1) is 24.0. The van der Waals surface area contributed by atoms with E-state index in [2.05, 4.69) is 15.6 Å². The lowest BCUT2D eigenvalue weighted by Crippen LogP contribution is -2.68. The van der Waals surface area contributed by atoms with Gasteiger partial charge < -0.3 is 20.5 Å². The molecular weight excluding hydrogens is 500 g/mol. The number of amides is 3. The number of H-pyrrole nitrogens is 1. The van der Waals surface area contributed by atoms with Gasteiger partial charge in [0, 0.05) is 30.3 Å². The zero-order valence-corrected chi connectivity index (χ0v) is 20.2. The van der Waals surface area contributed by atoms with Crippen LogP contribution < -0.4 is 10.6 Å². The third-order valence-corrected chi connectivity index (χ3v) is 8.73. The molecule has 35 heavy (non-hydrogen) atoms. The van der Waals surface area contributed by atoms with Gasteiger partial charge >= 0.3 is 0 Å². The SMILES string of the molecule is N#C[C@H](C[C@H]1CCCNC1=O)NC(=O)[C@H]1[C@@H]2CC[C@@H](CC2(F)F)N1C(=O)c1cc2scc(Cl)c2[nH]1. The molecule has 4 aliphatic rings. The highest BCUT2D eigenvalue weighted by atomic mass is 35.5. The molecule has 0 radical (unpaired) electrons. The number of fused-ring (bicyclic) bond motifs is 4. The lowest BCUT2D eigenvalue weighted by molar-refractivity contribution is -0.179. The molecule has 2 aromatic heterocycles. The van der Waals surface area contributed by atoms with Gasteiger partial charge in [-0.05, 0) is 38.2 Å². The molecule has 5 heterocycles. The molecule has 2 aromatic rings. The summed E-state index contributed by atoms with van der Waals surface area (Å²) in [4.78, 5) is 43.2. The summed E-state index contributed by atoms with van der Waals surface area (Å²) >= 11 is 7.50. The van der Waals surface area contributed by atoms with Crippen molar-refractivity contribution in [1.29, 1.82) is 5.26 Å². The molecule has 0 unspecified atom stereocenters. The number of hydrogen-bond donors (Lipinski definition) is 3. The van der Waals surface area contributed by atoms with Crippen molar-refractivity contribution in [2.45, 2.75) is 62.6 Å². The summed E-state index contributed by atoms with van der Waals surface area (Å²) in [5.41, 5.74) is 0.766. The minimum atomic E-state index is -3.10. The molecule has 4 fully saturated rings. The van der Waals surface area contributed by atoms with Gasteiger partial charge in [0.25, 0.3) is 11.8 Å². The average molecular weight is 524 g/mol. The molecule has 0 spiro atoms. The molecule has 12 heteroatoms. The van der Waals surface area contributed by atoms with Crippen molar-refractivity contribution in [1.82, 2.24) is 20.5 Å². The maximum atomic E-state index is 14.9. The molecule has 3 aliphatic heterocycles. The van der Waals surface area contributed by atoms with Crippen LogP contribution in [0, 0.1) is 23.2 Å². The van der Waals surface area contributed by atoms with Gasteiger partial charge in [-0.25, -0.2) is 8.78 Å². The molecule has 3 N–H and O–H groups in total. The second kappa shape index (κ2) is 9.06. The predicted octanol–water partition coefficient (Wildman–Crippen LogP) is 3.44. The van der Waals surface area contributed by atoms with Gasteiger partial charge in [-0.1, -0.05) is 11.6 Å². The molecule has 186 valence electrons. The van der Waals surface area contributed by atoms with Crippen LogP contribution in [0.1, 0.15) is 49.0 Å². The zero-order chi connectivity index (χ0) is 24.9. The summed E-state index contributed by atoms with van der Waals surface area (Å²) in [5, 5.41) is 17.1. The van der Waals surface area contributed by atoms with E-state index in [4.69, 9.17) is 11.6 Å². The van der Waals surface area contributed by atoms with Gasteiger partial charge in [-0.3, -0.25) is 14.4 Å². The van der Waals surface area contributed by atoms with E-state index < -0.39 is 54.1 Å². The molecule has 1 aliphatic carbocycles. The van der Waals surface area contributed by atoms with Crippen molar-refractivity contribution in [3.63, 3.8) is 0 Å². The molecule has 1 saturated carbocycles. The number of aromatic nitrogens is 1. The number of carbonyl (C=O) groups excluding carboxylic acids is 3. The van der Waals surface area contributed by atoms with E-state index in [1.807, 2.05) is 6.07 Å².